The molecule has 2 fully saturated rings. The van der Waals surface area contributed by atoms with Crippen LogP contribution in [-0.4, -0.2) is 34.9 Å². The lowest BCUT2D eigenvalue weighted by Gasteiger charge is -2.31. The van der Waals surface area contributed by atoms with E-state index in [0.717, 1.165) is 37.5 Å². The van der Waals surface area contributed by atoms with Crippen molar-refractivity contribution in [3.05, 3.63) is 4.88 Å². The Morgan fingerprint density at radius 3 is 3.05 bits per heavy atom. The molecule has 2 aliphatic rings. The number of carbonyl (C=O) groups is 1. The lowest BCUT2D eigenvalue weighted by molar-refractivity contribution is 0.0696. The maximum Gasteiger partial charge on any atom is 0.268 e. The van der Waals surface area contributed by atoms with Crippen molar-refractivity contribution >= 4 is 28.2 Å². The number of nitrogen functional groups attached to an aromatic ring is 1. The van der Waals surface area contributed by atoms with Crippen LogP contribution in [0.5, 0.6) is 0 Å². The van der Waals surface area contributed by atoms with Gasteiger partial charge in [0.1, 0.15) is 10.7 Å². The molecule has 1 saturated carbocycles. The lowest BCUT2D eigenvalue weighted by atomic mass is 9.85. The van der Waals surface area contributed by atoms with E-state index in [-0.39, 0.29) is 5.91 Å². The second kappa shape index (κ2) is 6.22. The van der Waals surface area contributed by atoms with E-state index in [0.29, 0.717) is 22.7 Å². The smallest absolute Gasteiger partial charge is 0.268 e. The molecule has 1 aliphatic heterocycles. The van der Waals surface area contributed by atoms with Crippen molar-refractivity contribution in [2.24, 2.45) is 5.92 Å². The van der Waals surface area contributed by atoms with Crippen molar-refractivity contribution in [2.45, 2.75) is 51.5 Å². The van der Waals surface area contributed by atoms with Crippen LogP contribution in [0, 0.1) is 5.92 Å². The number of nitrogens with one attached hydrogen (secondary N) is 1. The van der Waals surface area contributed by atoms with E-state index in [1.165, 1.54) is 30.6 Å². The quantitative estimate of drug-likeness (QED) is 0.897. The maximum atomic E-state index is 12.8. The van der Waals surface area contributed by atoms with E-state index in [2.05, 4.69) is 22.1 Å². The number of carbonyl (C=O) groups excluding carboxylic acids is 1. The molecule has 6 heteroatoms. The molecule has 0 bridgehead atoms. The molecule has 21 heavy (non-hydrogen) atoms. The van der Waals surface area contributed by atoms with Gasteiger partial charge >= 0.3 is 0 Å². The molecule has 1 aromatic rings. The minimum atomic E-state index is 0.0870. The van der Waals surface area contributed by atoms with Crippen molar-refractivity contribution in [1.82, 2.24) is 9.88 Å². The summed E-state index contributed by atoms with van der Waals surface area (Å²) in [6.07, 6.45) is 7.16. The first kappa shape index (κ1) is 14.6. The second-order valence-electron chi connectivity index (χ2n) is 6.06. The number of thiazole rings is 1. The molecule has 1 aromatic heterocycles. The SMILES string of the molecule is CCCNc1nc(N)c(C(=O)N2CCC3CCCCC32)s1. The molecule has 0 aromatic carbocycles. The van der Waals surface area contributed by atoms with Gasteiger partial charge in [-0.15, -0.1) is 0 Å². The fourth-order valence-corrected chi connectivity index (χ4v) is 4.45. The summed E-state index contributed by atoms with van der Waals surface area (Å²) in [6, 6.07) is 0.430. The number of anilines is 2. The molecular weight excluding hydrogens is 284 g/mol. The zero-order chi connectivity index (χ0) is 14.8. The summed E-state index contributed by atoms with van der Waals surface area (Å²) < 4.78 is 0. The summed E-state index contributed by atoms with van der Waals surface area (Å²) in [4.78, 5) is 19.7. The molecule has 5 nitrogen and oxygen atoms in total. The number of aromatic nitrogens is 1. The van der Waals surface area contributed by atoms with E-state index in [1.54, 1.807) is 0 Å². The van der Waals surface area contributed by atoms with Crippen LogP contribution in [0.25, 0.3) is 0 Å². The zero-order valence-corrected chi connectivity index (χ0v) is 13.4. The Hall–Kier alpha value is -1.30. The standard InChI is InChI=1S/C15H24N4OS/c1-2-8-17-15-18-13(16)12(21-15)14(20)19-9-7-10-5-3-4-6-11(10)19/h10-11H,2-9,16H2,1H3,(H,17,18). The number of likely N-dealkylation sites (tertiary alicyclic amines) is 1. The summed E-state index contributed by atoms with van der Waals surface area (Å²) in [5.74, 6) is 1.17. The number of rotatable bonds is 4. The third-order valence-electron chi connectivity index (χ3n) is 4.64. The highest BCUT2D eigenvalue weighted by atomic mass is 32.1. The number of nitrogens with zero attached hydrogens (tertiary/aromatic N) is 2. The van der Waals surface area contributed by atoms with Crippen LogP contribution in [0.4, 0.5) is 10.9 Å². The Morgan fingerprint density at radius 2 is 2.24 bits per heavy atom. The van der Waals surface area contributed by atoms with Crippen LogP contribution in [0.3, 0.4) is 0 Å². The topological polar surface area (TPSA) is 71.2 Å². The van der Waals surface area contributed by atoms with Gasteiger partial charge in [-0.25, -0.2) is 4.98 Å². The fraction of sp³-hybridized carbons (Fsp3) is 0.733. The number of hydrogen-bond acceptors (Lipinski definition) is 5. The number of amides is 1. The highest BCUT2D eigenvalue weighted by Gasteiger charge is 2.39. The first-order valence-electron chi connectivity index (χ1n) is 8.02. The Kier molecular flexibility index (Phi) is 4.33. The normalized spacial score (nSPS) is 24.9. The van der Waals surface area contributed by atoms with Crippen molar-refractivity contribution < 1.29 is 4.79 Å². The predicted molar refractivity (Wildman–Crippen MR) is 86.7 cm³/mol. The highest BCUT2D eigenvalue weighted by Crippen LogP contribution is 2.38. The monoisotopic (exact) mass is 308 g/mol. The summed E-state index contributed by atoms with van der Waals surface area (Å²) in [5, 5.41) is 3.98. The van der Waals surface area contributed by atoms with E-state index in [1.807, 2.05) is 0 Å². The number of hydrogen-bond donors (Lipinski definition) is 2. The van der Waals surface area contributed by atoms with Crippen molar-refractivity contribution in [3.63, 3.8) is 0 Å². The van der Waals surface area contributed by atoms with Crippen LogP contribution in [-0.2, 0) is 0 Å². The highest BCUT2D eigenvalue weighted by molar-refractivity contribution is 7.18. The second-order valence-corrected chi connectivity index (χ2v) is 7.06. The van der Waals surface area contributed by atoms with Crippen LogP contribution in [0.1, 0.15) is 55.1 Å². The van der Waals surface area contributed by atoms with Crippen LogP contribution >= 0.6 is 11.3 Å². The fourth-order valence-electron chi connectivity index (χ4n) is 3.58. The summed E-state index contributed by atoms with van der Waals surface area (Å²) in [7, 11) is 0. The molecule has 3 rings (SSSR count). The van der Waals surface area contributed by atoms with Gasteiger partial charge in [0.2, 0.25) is 0 Å². The van der Waals surface area contributed by atoms with E-state index < -0.39 is 0 Å². The third-order valence-corrected chi connectivity index (χ3v) is 5.66. The first-order chi connectivity index (χ1) is 10.2. The zero-order valence-electron chi connectivity index (χ0n) is 12.6. The van der Waals surface area contributed by atoms with Gasteiger partial charge in [-0.05, 0) is 31.6 Å². The van der Waals surface area contributed by atoms with E-state index in [4.69, 9.17) is 5.73 Å². The summed E-state index contributed by atoms with van der Waals surface area (Å²) >= 11 is 1.40. The Morgan fingerprint density at radius 1 is 1.43 bits per heavy atom. The first-order valence-corrected chi connectivity index (χ1v) is 8.83. The van der Waals surface area contributed by atoms with Crippen molar-refractivity contribution in [3.8, 4) is 0 Å². The lowest BCUT2D eigenvalue weighted by Crippen LogP contribution is -2.39. The molecule has 1 aliphatic carbocycles. The average molecular weight is 308 g/mol. The van der Waals surface area contributed by atoms with E-state index in [9.17, 15) is 4.79 Å². The Bertz CT molecular complexity index is 516. The third kappa shape index (κ3) is 2.86. The number of fused-ring (bicyclic) bond motifs is 1. The molecule has 1 saturated heterocycles. The average Bonchev–Trinajstić information content (AvgIpc) is 3.08. The van der Waals surface area contributed by atoms with Gasteiger partial charge in [-0.1, -0.05) is 31.1 Å². The minimum absolute atomic E-state index is 0.0870. The molecular formula is C15H24N4OS. The van der Waals surface area contributed by atoms with Gasteiger partial charge < -0.3 is 16.0 Å². The van der Waals surface area contributed by atoms with E-state index >= 15 is 0 Å². The minimum Gasteiger partial charge on any atom is -0.382 e. The largest absolute Gasteiger partial charge is 0.382 e. The van der Waals surface area contributed by atoms with Gasteiger partial charge in [0.25, 0.3) is 5.91 Å². The molecule has 2 unspecified atom stereocenters. The molecule has 2 heterocycles. The molecule has 2 atom stereocenters. The van der Waals surface area contributed by atoms with Crippen molar-refractivity contribution in [1.29, 1.82) is 0 Å². The van der Waals surface area contributed by atoms with Crippen molar-refractivity contribution in [2.75, 3.05) is 24.1 Å². The maximum absolute atomic E-state index is 12.8. The molecule has 3 N–H and O–H groups in total. The van der Waals surface area contributed by atoms with Crippen LogP contribution < -0.4 is 11.1 Å². The molecule has 116 valence electrons. The van der Waals surface area contributed by atoms with Gasteiger partial charge in [-0.3, -0.25) is 4.79 Å². The van der Waals surface area contributed by atoms with Gasteiger partial charge in [-0.2, -0.15) is 0 Å². The molecule has 0 radical (unpaired) electrons. The number of nitrogens with two attached hydrogens (primary N) is 1. The van der Waals surface area contributed by atoms with Crippen LogP contribution in [0.2, 0.25) is 0 Å². The summed E-state index contributed by atoms with van der Waals surface area (Å²) in [6.45, 7) is 3.84. The Balaban J connectivity index is 1.74. The van der Waals surface area contributed by atoms with Crippen LogP contribution in [0.15, 0.2) is 0 Å². The van der Waals surface area contributed by atoms with Gasteiger partial charge in [0, 0.05) is 19.1 Å². The summed E-state index contributed by atoms with van der Waals surface area (Å²) in [5.41, 5.74) is 5.96. The predicted octanol–water partition coefficient (Wildman–Crippen LogP) is 2.95. The van der Waals surface area contributed by atoms with Gasteiger partial charge in [0.05, 0.1) is 0 Å². The molecule has 1 amide bonds. The molecule has 0 spiro atoms. The van der Waals surface area contributed by atoms with Gasteiger partial charge in [0.15, 0.2) is 5.13 Å². The Labute approximate surface area is 129 Å².